The van der Waals surface area contributed by atoms with E-state index in [9.17, 15) is 23.1 Å². The summed E-state index contributed by atoms with van der Waals surface area (Å²) in [6, 6.07) is 0.840. The molecule has 0 radical (unpaired) electrons. The number of nitrogens with zero attached hydrogens (tertiary/aromatic N) is 1. The van der Waals surface area contributed by atoms with E-state index in [-0.39, 0.29) is 23.4 Å². The van der Waals surface area contributed by atoms with Crippen molar-refractivity contribution in [1.82, 2.24) is 4.98 Å². The number of aromatic nitrogens is 1. The van der Waals surface area contributed by atoms with Crippen molar-refractivity contribution < 1.29 is 32.5 Å². The molecule has 0 atom stereocenters. The van der Waals surface area contributed by atoms with Gasteiger partial charge in [0.2, 0.25) is 5.88 Å². The Morgan fingerprint density at radius 2 is 2.11 bits per heavy atom. The number of carbonyl (C=O) groups excluding carboxylic acids is 1. The van der Waals surface area contributed by atoms with Crippen molar-refractivity contribution in [2.45, 2.75) is 19.7 Å². The Bertz CT molecular complexity index is 459. The first kappa shape index (κ1) is 14.1. The Morgan fingerprint density at radius 3 is 2.61 bits per heavy atom. The summed E-state index contributed by atoms with van der Waals surface area (Å²) in [6.07, 6.45) is -5.27. The fourth-order valence-electron chi connectivity index (χ4n) is 1.23. The van der Waals surface area contributed by atoms with E-state index in [0.717, 1.165) is 13.2 Å². The molecular formula is C10H10F3NO4. The van der Waals surface area contributed by atoms with Gasteiger partial charge in [0.25, 0.3) is 0 Å². The van der Waals surface area contributed by atoms with Crippen LogP contribution in [0.4, 0.5) is 13.2 Å². The van der Waals surface area contributed by atoms with Crippen molar-refractivity contribution in [3.8, 4) is 11.6 Å². The standard InChI is InChI=1S/C10H10F3NO4/c1-5-9(16)6(4-8(15)17-2)3-7(14-5)18-10(11,12)13/h3,16H,4H2,1-2H3. The Balaban J connectivity index is 3.06. The molecule has 0 aliphatic heterocycles. The molecule has 18 heavy (non-hydrogen) atoms. The Morgan fingerprint density at radius 1 is 1.50 bits per heavy atom. The fraction of sp³-hybridized carbons (Fsp3) is 0.400. The third-order valence-corrected chi connectivity index (χ3v) is 2.01. The summed E-state index contributed by atoms with van der Waals surface area (Å²) in [6.45, 7) is 1.29. The number of esters is 1. The van der Waals surface area contributed by atoms with Gasteiger partial charge in [-0.2, -0.15) is 0 Å². The van der Waals surface area contributed by atoms with Gasteiger partial charge >= 0.3 is 12.3 Å². The number of halogens is 3. The van der Waals surface area contributed by atoms with Crippen LogP contribution in [-0.4, -0.2) is 29.5 Å². The zero-order chi connectivity index (χ0) is 13.9. The van der Waals surface area contributed by atoms with Crippen molar-refractivity contribution in [3.05, 3.63) is 17.3 Å². The third kappa shape index (κ3) is 3.79. The lowest BCUT2D eigenvalue weighted by molar-refractivity contribution is -0.276. The van der Waals surface area contributed by atoms with Gasteiger partial charge in [-0.1, -0.05) is 0 Å². The second-order valence-electron chi connectivity index (χ2n) is 3.35. The van der Waals surface area contributed by atoms with Crippen LogP contribution in [0.1, 0.15) is 11.3 Å². The summed E-state index contributed by atoms with van der Waals surface area (Å²) in [5.74, 6) is -1.81. The maximum Gasteiger partial charge on any atom is 0.574 e. The molecule has 0 aliphatic carbocycles. The number of hydrogen-bond donors (Lipinski definition) is 1. The number of hydrogen-bond acceptors (Lipinski definition) is 5. The van der Waals surface area contributed by atoms with Gasteiger partial charge in [0.1, 0.15) is 5.75 Å². The van der Waals surface area contributed by atoms with E-state index in [1.54, 1.807) is 0 Å². The van der Waals surface area contributed by atoms with E-state index in [1.807, 2.05) is 0 Å². The number of pyridine rings is 1. The van der Waals surface area contributed by atoms with E-state index in [4.69, 9.17) is 0 Å². The molecule has 1 heterocycles. The molecule has 0 aliphatic rings. The Labute approximate surface area is 100 Å². The summed E-state index contributed by atoms with van der Waals surface area (Å²) in [4.78, 5) is 14.4. The van der Waals surface area contributed by atoms with Crippen LogP contribution < -0.4 is 4.74 Å². The van der Waals surface area contributed by atoms with E-state index in [1.165, 1.54) is 6.92 Å². The van der Waals surface area contributed by atoms with Crippen molar-refractivity contribution >= 4 is 5.97 Å². The van der Waals surface area contributed by atoms with Crippen LogP contribution in [0.25, 0.3) is 0 Å². The highest BCUT2D eigenvalue weighted by Gasteiger charge is 2.32. The number of carbonyl (C=O) groups is 1. The van der Waals surface area contributed by atoms with E-state index in [0.29, 0.717) is 0 Å². The molecule has 1 rings (SSSR count). The van der Waals surface area contributed by atoms with Crippen LogP contribution in [0.2, 0.25) is 0 Å². The molecule has 0 fully saturated rings. The van der Waals surface area contributed by atoms with Crippen LogP contribution in [-0.2, 0) is 16.0 Å². The normalized spacial score (nSPS) is 11.2. The number of ether oxygens (including phenoxy) is 2. The summed E-state index contributed by atoms with van der Waals surface area (Å²) in [5, 5.41) is 9.56. The van der Waals surface area contributed by atoms with Gasteiger partial charge in [-0.25, -0.2) is 4.98 Å². The number of alkyl halides is 3. The highest BCUT2D eigenvalue weighted by atomic mass is 19.4. The quantitative estimate of drug-likeness (QED) is 0.842. The Hall–Kier alpha value is -1.99. The van der Waals surface area contributed by atoms with Gasteiger partial charge in [0, 0.05) is 11.6 Å². The lowest BCUT2D eigenvalue weighted by atomic mass is 10.1. The summed E-state index contributed by atoms with van der Waals surface area (Å²) in [7, 11) is 1.13. The second-order valence-corrected chi connectivity index (χ2v) is 3.35. The molecule has 1 aromatic heterocycles. The molecule has 100 valence electrons. The van der Waals surface area contributed by atoms with Crippen molar-refractivity contribution in [1.29, 1.82) is 0 Å². The highest BCUT2D eigenvalue weighted by molar-refractivity contribution is 5.73. The molecule has 0 aromatic carbocycles. The fourth-order valence-corrected chi connectivity index (χ4v) is 1.23. The van der Waals surface area contributed by atoms with Crippen molar-refractivity contribution in [2.75, 3.05) is 7.11 Å². The van der Waals surface area contributed by atoms with E-state index < -0.39 is 18.2 Å². The maximum atomic E-state index is 12.0. The molecular weight excluding hydrogens is 255 g/mol. The molecule has 0 bridgehead atoms. The minimum atomic E-state index is -4.89. The van der Waals surface area contributed by atoms with E-state index in [2.05, 4.69) is 14.5 Å². The summed E-state index contributed by atoms with van der Waals surface area (Å²) in [5.41, 5.74) is -0.121. The van der Waals surface area contributed by atoms with Gasteiger partial charge < -0.3 is 14.6 Å². The molecule has 8 heteroatoms. The smallest absolute Gasteiger partial charge is 0.506 e. The average molecular weight is 265 g/mol. The van der Waals surface area contributed by atoms with Gasteiger partial charge in [-0.15, -0.1) is 13.2 Å². The predicted molar refractivity (Wildman–Crippen MR) is 53.0 cm³/mol. The van der Waals surface area contributed by atoms with Crippen LogP contribution >= 0.6 is 0 Å². The largest absolute Gasteiger partial charge is 0.574 e. The molecule has 0 unspecified atom stereocenters. The van der Waals surface area contributed by atoms with Gasteiger partial charge in [-0.05, 0) is 6.92 Å². The lowest BCUT2D eigenvalue weighted by Crippen LogP contribution is -2.18. The summed E-state index contributed by atoms with van der Waals surface area (Å²) < 4.78 is 44.0. The number of aromatic hydroxyl groups is 1. The number of rotatable bonds is 3. The van der Waals surface area contributed by atoms with Crippen molar-refractivity contribution in [2.24, 2.45) is 0 Å². The van der Waals surface area contributed by atoms with Crippen LogP contribution in [0.5, 0.6) is 11.6 Å². The first-order valence-electron chi connectivity index (χ1n) is 4.75. The van der Waals surface area contributed by atoms with Gasteiger partial charge in [-0.3, -0.25) is 4.79 Å². The SMILES string of the molecule is COC(=O)Cc1cc(OC(F)(F)F)nc(C)c1O. The molecule has 0 spiro atoms. The predicted octanol–water partition coefficient (Wildman–Crippen LogP) is 1.71. The third-order valence-electron chi connectivity index (χ3n) is 2.01. The monoisotopic (exact) mass is 265 g/mol. The average Bonchev–Trinajstić information content (AvgIpc) is 2.22. The lowest BCUT2D eigenvalue weighted by Gasteiger charge is -2.11. The molecule has 0 saturated heterocycles. The summed E-state index contributed by atoms with van der Waals surface area (Å²) >= 11 is 0. The van der Waals surface area contributed by atoms with E-state index >= 15 is 0 Å². The molecule has 0 amide bonds. The van der Waals surface area contributed by atoms with Crippen LogP contribution in [0.15, 0.2) is 6.07 Å². The number of methoxy groups -OCH3 is 1. The molecule has 1 aromatic rings. The Kier molecular flexibility index (Phi) is 4.00. The topological polar surface area (TPSA) is 68.7 Å². The zero-order valence-electron chi connectivity index (χ0n) is 9.54. The second kappa shape index (κ2) is 5.11. The highest BCUT2D eigenvalue weighted by Crippen LogP contribution is 2.28. The minimum Gasteiger partial charge on any atom is -0.506 e. The minimum absolute atomic E-state index is 0.0476. The van der Waals surface area contributed by atoms with Gasteiger partial charge in [0.05, 0.1) is 19.2 Å². The molecule has 1 N–H and O–H groups in total. The van der Waals surface area contributed by atoms with Crippen molar-refractivity contribution in [3.63, 3.8) is 0 Å². The molecule has 5 nitrogen and oxygen atoms in total. The molecule has 0 saturated carbocycles. The zero-order valence-corrected chi connectivity index (χ0v) is 9.54. The van der Waals surface area contributed by atoms with Gasteiger partial charge in [0.15, 0.2) is 0 Å². The number of aryl methyl sites for hydroxylation is 1. The maximum absolute atomic E-state index is 12.0. The first-order chi connectivity index (χ1) is 8.23. The first-order valence-corrected chi connectivity index (χ1v) is 4.75. The van der Waals surface area contributed by atoms with Crippen LogP contribution in [0.3, 0.4) is 0 Å². The van der Waals surface area contributed by atoms with Crippen LogP contribution in [0, 0.1) is 6.92 Å².